The lowest BCUT2D eigenvalue weighted by molar-refractivity contribution is -0.138. The van der Waals surface area contributed by atoms with Gasteiger partial charge in [0.1, 0.15) is 23.9 Å². The van der Waals surface area contributed by atoms with E-state index in [1.807, 2.05) is 36.4 Å². The van der Waals surface area contributed by atoms with Crippen molar-refractivity contribution in [2.75, 3.05) is 5.43 Å². The number of nitrogens with zero attached hydrogens (tertiary/aromatic N) is 1. The van der Waals surface area contributed by atoms with E-state index in [1.54, 1.807) is 42.5 Å². The number of amides is 2. The van der Waals surface area contributed by atoms with Crippen LogP contribution in [0.25, 0.3) is 0 Å². The number of phenolic OH excluding ortho intramolecular Hbond substituents is 1. The highest BCUT2D eigenvalue weighted by atomic mass is 35.5. The largest absolute Gasteiger partial charge is 0.508 e. The van der Waals surface area contributed by atoms with Crippen LogP contribution in [0.1, 0.15) is 29.0 Å². The number of phenols is 1. The minimum Gasteiger partial charge on any atom is -0.508 e. The maximum atomic E-state index is 14.7. The van der Waals surface area contributed by atoms with Gasteiger partial charge in [-0.3, -0.25) is 15.0 Å². The molecule has 0 radical (unpaired) electrons. The zero-order valence-corrected chi connectivity index (χ0v) is 23.8. The molecular weight excluding hydrogens is 567 g/mol. The lowest BCUT2D eigenvalue weighted by Gasteiger charge is -2.43. The van der Waals surface area contributed by atoms with E-state index in [1.165, 1.54) is 30.3 Å². The second-order valence-electron chi connectivity index (χ2n) is 10.6. The van der Waals surface area contributed by atoms with Crippen molar-refractivity contribution in [2.24, 2.45) is 5.92 Å². The fourth-order valence-electron chi connectivity index (χ4n) is 6.23. The van der Waals surface area contributed by atoms with Crippen molar-refractivity contribution < 1.29 is 23.8 Å². The van der Waals surface area contributed by atoms with Gasteiger partial charge in [-0.05, 0) is 65.6 Å². The van der Waals surface area contributed by atoms with Crippen molar-refractivity contribution in [1.82, 2.24) is 5.01 Å². The summed E-state index contributed by atoms with van der Waals surface area (Å²) in [6.07, 6.45) is 3.82. The van der Waals surface area contributed by atoms with Crippen LogP contribution in [0.15, 0.2) is 121 Å². The molecule has 216 valence electrons. The van der Waals surface area contributed by atoms with Gasteiger partial charge in [0, 0.05) is 22.6 Å². The van der Waals surface area contributed by atoms with Crippen LogP contribution in [-0.4, -0.2) is 21.9 Å². The van der Waals surface area contributed by atoms with Crippen molar-refractivity contribution in [3.8, 4) is 11.5 Å². The molecule has 2 amide bonds. The first-order valence-corrected chi connectivity index (χ1v) is 14.2. The summed E-state index contributed by atoms with van der Waals surface area (Å²) in [6, 6.07) is 26.9. The summed E-state index contributed by atoms with van der Waals surface area (Å²) in [4.78, 5) is 28.7. The number of fused-ring (bicyclic) bond motifs is 1. The first kappa shape index (κ1) is 28.2. The van der Waals surface area contributed by atoms with Crippen LogP contribution in [0, 0.1) is 11.7 Å². The van der Waals surface area contributed by atoms with Crippen LogP contribution in [0.3, 0.4) is 0 Å². The highest BCUT2D eigenvalue weighted by Gasteiger charge is 2.66. The number of carbonyl (C=O) groups is 2. The lowest BCUT2D eigenvalue weighted by Crippen LogP contribution is -2.48. The van der Waals surface area contributed by atoms with Gasteiger partial charge < -0.3 is 9.84 Å². The van der Waals surface area contributed by atoms with Gasteiger partial charge in [-0.15, -0.1) is 0 Å². The number of hydrogen-bond acceptors (Lipinski definition) is 5. The normalized spacial score (nSPS) is 21.3. The Morgan fingerprint density at radius 3 is 2.42 bits per heavy atom. The number of rotatable bonds is 8. The van der Waals surface area contributed by atoms with Crippen molar-refractivity contribution in [3.05, 3.63) is 149 Å². The molecule has 4 aromatic carbocycles. The highest BCUT2D eigenvalue weighted by Crippen LogP contribution is 2.59. The number of halogens is 2. The van der Waals surface area contributed by atoms with Gasteiger partial charge in [0.2, 0.25) is 0 Å². The molecule has 1 saturated heterocycles. The van der Waals surface area contributed by atoms with Crippen molar-refractivity contribution >= 4 is 29.1 Å². The Bertz CT molecular complexity index is 1720. The third-order valence-electron chi connectivity index (χ3n) is 8.21. The Morgan fingerprint density at radius 1 is 1.02 bits per heavy atom. The van der Waals surface area contributed by atoms with Crippen LogP contribution in [0.5, 0.6) is 11.5 Å². The van der Waals surface area contributed by atoms with E-state index in [0.717, 1.165) is 10.6 Å². The molecule has 6 nitrogen and oxygen atoms in total. The molecule has 1 aliphatic carbocycles. The summed E-state index contributed by atoms with van der Waals surface area (Å²) in [5.74, 6) is -2.59. The van der Waals surface area contributed by atoms with Gasteiger partial charge in [0.05, 0.1) is 17.0 Å². The maximum Gasteiger partial charge on any atom is 0.260 e. The highest BCUT2D eigenvalue weighted by molar-refractivity contribution is 6.30. The number of anilines is 1. The molecular formula is C35H28ClFN2O4. The van der Waals surface area contributed by atoms with Gasteiger partial charge in [0.25, 0.3) is 11.8 Å². The van der Waals surface area contributed by atoms with E-state index in [4.69, 9.17) is 16.3 Å². The smallest absolute Gasteiger partial charge is 0.260 e. The molecule has 4 aromatic rings. The Morgan fingerprint density at radius 2 is 1.74 bits per heavy atom. The number of benzene rings is 4. The molecule has 8 heteroatoms. The van der Waals surface area contributed by atoms with Crippen LogP contribution >= 0.6 is 11.6 Å². The molecule has 1 heterocycles. The quantitative estimate of drug-likeness (QED) is 0.209. The molecule has 43 heavy (non-hydrogen) atoms. The first-order valence-electron chi connectivity index (χ1n) is 13.8. The number of allylic oxidation sites excluding steroid dienone is 3. The number of hydrogen-bond donors (Lipinski definition) is 2. The van der Waals surface area contributed by atoms with E-state index in [9.17, 15) is 19.1 Å². The van der Waals surface area contributed by atoms with Crippen LogP contribution in [0.2, 0.25) is 5.02 Å². The monoisotopic (exact) mass is 594 g/mol. The number of hydrazine groups is 1. The molecule has 2 N–H and O–H groups in total. The van der Waals surface area contributed by atoms with E-state index in [-0.39, 0.29) is 12.2 Å². The van der Waals surface area contributed by atoms with Gasteiger partial charge in [-0.1, -0.05) is 78.9 Å². The number of carbonyl (C=O) groups excluding carboxylic acids is 2. The van der Waals surface area contributed by atoms with Gasteiger partial charge >= 0.3 is 0 Å². The summed E-state index contributed by atoms with van der Waals surface area (Å²) in [5, 5.41) is 12.9. The van der Waals surface area contributed by atoms with E-state index in [0.29, 0.717) is 39.8 Å². The second-order valence-corrected chi connectivity index (χ2v) is 11.0. The lowest BCUT2D eigenvalue weighted by atomic mass is 9.56. The van der Waals surface area contributed by atoms with Crippen molar-refractivity contribution in [2.45, 2.75) is 24.4 Å². The molecule has 0 spiro atoms. The summed E-state index contributed by atoms with van der Waals surface area (Å²) in [7, 11) is 0. The van der Waals surface area contributed by atoms with Gasteiger partial charge in [0.15, 0.2) is 0 Å². The topological polar surface area (TPSA) is 78.9 Å². The summed E-state index contributed by atoms with van der Waals surface area (Å²) in [5.41, 5.74) is 4.53. The second kappa shape index (κ2) is 11.4. The zero-order chi connectivity index (χ0) is 30.1. The van der Waals surface area contributed by atoms with Crippen LogP contribution < -0.4 is 10.2 Å². The van der Waals surface area contributed by atoms with E-state index >= 15 is 0 Å². The first-order chi connectivity index (χ1) is 20.8. The zero-order valence-electron chi connectivity index (χ0n) is 23.0. The molecule has 3 atom stereocenters. The molecule has 6 rings (SSSR count). The van der Waals surface area contributed by atoms with Gasteiger partial charge in [-0.2, -0.15) is 5.01 Å². The fourth-order valence-corrected chi connectivity index (χ4v) is 6.36. The standard InChI is InChI=1S/C35H28ClFN2O4/c1-2-23-8-19-30-33(41)39(38-27-15-13-26(37)14-16-27)34(42)35(30,24-9-11-25(36)12-10-24)32(23)29-18-17-28(20-31(29)40)43-21-22-6-4-3-5-7-22/h2-18,20,30,32,38,40H,1,19,21H2/t30-,32+,35+/m0/s1. The van der Waals surface area contributed by atoms with E-state index < -0.39 is 34.9 Å². The Labute approximate surface area is 253 Å². The molecule has 0 saturated carbocycles. The molecule has 0 unspecified atom stereocenters. The van der Waals surface area contributed by atoms with Crippen LogP contribution in [0.4, 0.5) is 10.1 Å². The average molecular weight is 595 g/mol. The van der Waals surface area contributed by atoms with Gasteiger partial charge in [-0.25, -0.2) is 4.39 Å². The maximum absolute atomic E-state index is 14.7. The molecule has 1 fully saturated rings. The molecule has 1 aliphatic heterocycles. The minimum absolute atomic E-state index is 0.0810. The van der Waals surface area contributed by atoms with Crippen LogP contribution in [-0.2, 0) is 21.6 Å². The minimum atomic E-state index is -1.45. The Kier molecular flexibility index (Phi) is 7.50. The number of nitrogens with one attached hydrogen (secondary N) is 1. The average Bonchev–Trinajstić information content (AvgIpc) is 3.24. The predicted molar refractivity (Wildman–Crippen MR) is 163 cm³/mol. The molecule has 0 aromatic heterocycles. The number of ether oxygens (including phenoxy) is 1. The Hall–Kier alpha value is -4.88. The third kappa shape index (κ3) is 4.96. The SMILES string of the molecule is C=CC1=CC[C@H]2C(=O)N(Nc3ccc(F)cc3)C(=O)[C@@]2(c2ccc(Cl)cc2)[C@H]1c1ccc(OCc2ccccc2)cc1O. The van der Waals surface area contributed by atoms with E-state index in [2.05, 4.69) is 12.0 Å². The summed E-state index contributed by atoms with van der Waals surface area (Å²) >= 11 is 6.24. The third-order valence-corrected chi connectivity index (χ3v) is 8.46. The predicted octanol–water partition coefficient (Wildman–Crippen LogP) is 7.31. The fraction of sp³-hybridized carbons (Fsp3) is 0.143. The van der Waals surface area contributed by atoms with Crippen molar-refractivity contribution in [1.29, 1.82) is 0 Å². The van der Waals surface area contributed by atoms with Crippen molar-refractivity contribution in [3.63, 3.8) is 0 Å². The Balaban J connectivity index is 1.46. The number of imide groups is 1. The molecule has 0 bridgehead atoms. The number of aromatic hydroxyl groups is 1. The summed E-state index contributed by atoms with van der Waals surface area (Å²) < 4.78 is 19.5. The molecule has 2 aliphatic rings. The summed E-state index contributed by atoms with van der Waals surface area (Å²) in [6.45, 7) is 4.32.